The van der Waals surface area contributed by atoms with Crippen molar-refractivity contribution in [3.05, 3.63) is 24.0 Å². The number of aliphatic carboxylic acids is 1. The third kappa shape index (κ3) is 4.43. The number of carbonyl (C=O) groups excluding carboxylic acids is 1. The number of rotatable bonds is 7. The molecule has 0 radical (unpaired) electrons. The van der Waals surface area contributed by atoms with Crippen molar-refractivity contribution in [1.29, 1.82) is 0 Å². The molecule has 0 spiro atoms. The van der Waals surface area contributed by atoms with E-state index < -0.39 is 5.97 Å². The van der Waals surface area contributed by atoms with Crippen molar-refractivity contribution in [1.82, 2.24) is 9.88 Å². The Balaban J connectivity index is 2.39. The monoisotopic (exact) mass is 266 g/mol. The highest BCUT2D eigenvalue weighted by molar-refractivity contribution is 5.92. The van der Waals surface area contributed by atoms with Gasteiger partial charge in [0.25, 0.3) is 5.91 Å². The van der Waals surface area contributed by atoms with E-state index in [-0.39, 0.29) is 17.9 Å². The fourth-order valence-electron chi connectivity index (χ4n) is 1.86. The number of carboxylic acid groups (broad SMARTS) is 1. The van der Waals surface area contributed by atoms with Gasteiger partial charge in [-0.1, -0.05) is 6.92 Å². The van der Waals surface area contributed by atoms with Crippen LogP contribution in [-0.4, -0.2) is 28.1 Å². The highest BCUT2D eigenvalue weighted by atomic mass is 16.4. The summed E-state index contributed by atoms with van der Waals surface area (Å²) in [6, 6.07) is 3.87. The van der Waals surface area contributed by atoms with E-state index in [0.29, 0.717) is 25.1 Å². The van der Waals surface area contributed by atoms with Crippen LogP contribution in [0.25, 0.3) is 0 Å². The van der Waals surface area contributed by atoms with Crippen LogP contribution in [0.5, 0.6) is 0 Å². The minimum absolute atomic E-state index is 0.110. The molecule has 1 aromatic rings. The highest BCUT2D eigenvalue weighted by Crippen LogP contribution is 2.10. The van der Waals surface area contributed by atoms with Gasteiger partial charge in [0.2, 0.25) is 0 Å². The SMILES string of the molecule is CC(CCCNC(=O)c1cccn1C(C)C)C(=O)O. The second kappa shape index (κ2) is 6.97. The van der Waals surface area contributed by atoms with E-state index in [9.17, 15) is 9.59 Å². The number of amides is 1. The summed E-state index contributed by atoms with van der Waals surface area (Å²) in [6.07, 6.45) is 3.12. The van der Waals surface area contributed by atoms with Gasteiger partial charge in [0.1, 0.15) is 5.69 Å². The van der Waals surface area contributed by atoms with E-state index in [0.717, 1.165) is 0 Å². The Kier molecular flexibility index (Phi) is 5.60. The standard InChI is InChI=1S/C14H22N2O3/c1-10(2)16-9-5-7-12(16)13(17)15-8-4-6-11(3)14(18)19/h5,7,9-11H,4,6,8H2,1-3H3,(H,15,17)(H,18,19). The molecule has 19 heavy (non-hydrogen) atoms. The Hall–Kier alpha value is -1.78. The molecule has 0 fully saturated rings. The zero-order valence-corrected chi connectivity index (χ0v) is 11.7. The summed E-state index contributed by atoms with van der Waals surface area (Å²) in [5.74, 6) is -1.27. The third-order valence-electron chi connectivity index (χ3n) is 3.09. The topological polar surface area (TPSA) is 71.3 Å². The second-order valence-electron chi connectivity index (χ2n) is 5.03. The summed E-state index contributed by atoms with van der Waals surface area (Å²) >= 11 is 0. The van der Waals surface area contributed by atoms with Crippen LogP contribution in [0.2, 0.25) is 0 Å². The molecule has 1 atom stereocenters. The fourth-order valence-corrected chi connectivity index (χ4v) is 1.86. The maximum atomic E-state index is 12.0. The number of nitrogens with one attached hydrogen (secondary N) is 1. The van der Waals surface area contributed by atoms with Crippen molar-refractivity contribution in [2.75, 3.05) is 6.54 Å². The molecule has 0 aromatic carbocycles. The minimum Gasteiger partial charge on any atom is -0.481 e. The zero-order chi connectivity index (χ0) is 14.4. The third-order valence-corrected chi connectivity index (χ3v) is 3.09. The highest BCUT2D eigenvalue weighted by Gasteiger charge is 2.13. The normalized spacial score (nSPS) is 12.4. The molecule has 1 unspecified atom stereocenters. The molecule has 5 heteroatoms. The van der Waals surface area contributed by atoms with Crippen LogP contribution >= 0.6 is 0 Å². The van der Waals surface area contributed by atoms with Crippen molar-refractivity contribution in [2.24, 2.45) is 5.92 Å². The quantitative estimate of drug-likeness (QED) is 0.744. The van der Waals surface area contributed by atoms with Crippen molar-refractivity contribution >= 4 is 11.9 Å². The van der Waals surface area contributed by atoms with Gasteiger partial charge in [-0.05, 0) is 38.8 Å². The number of carboxylic acids is 1. The number of aromatic nitrogens is 1. The van der Waals surface area contributed by atoms with Crippen LogP contribution in [0.1, 0.15) is 50.1 Å². The molecular formula is C14H22N2O3. The first kappa shape index (κ1) is 15.3. The van der Waals surface area contributed by atoms with Crippen LogP contribution in [0, 0.1) is 5.92 Å². The molecule has 5 nitrogen and oxygen atoms in total. The maximum Gasteiger partial charge on any atom is 0.306 e. The summed E-state index contributed by atoms with van der Waals surface area (Å²) in [7, 11) is 0. The van der Waals surface area contributed by atoms with E-state index in [1.165, 1.54) is 0 Å². The molecule has 1 aromatic heterocycles. The maximum absolute atomic E-state index is 12.0. The molecule has 0 aliphatic heterocycles. The van der Waals surface area contributed by atoms with Gasteiger partial charge in [-0.2, -0.15) is 0 Å². The number of hydrogen-bond donors (Lipinski definition) is 2. The van der Waals surface area contributed by atoms with Crippen molar-refractivity contribution < 1.29 is 14.7 Å². The zero-order valence-electron chi connectivity index (χ0n) is 11.7. The molecule has 0 bridgehead atoms. The molecule has 106 valence electrons. The van der Waals surface area contributed by atoms with Gasteiger partial charge in [-0.3, -0.25) is 9.59 Å². The lowest BCUT2D eigenvalue weighted by Crippen LogP contribution is -2.27. The number of carbonyl (C=O) groups is 2. The van der Waals surface area contributed by atoms with E-state index in [2.05, 4.69) is 5.32 Å². The Morgan fingerprint density at radius 3 is 2.63 bits per heavy atom. The van der Waals surface area contributed by atoms with E-state index in [1.54, 1.807) is 13.0 Å². The van der Waals surface area contributed by atoms with Crippen molar-refractivity contribution in [3.63, 3.8) is 0 Å². The summed E-state index contributed by atoms with van der Waals surface area (Å²) in [5.41, 5.74) is 0.640. The Labute approximate surface area is 113 Å². The lowest BCUT2D eigenvalue weighted by molar-refractivity contribution is -0.141. The predicted octanol–water partition coefficient (Wildman–Crippen LogP) is 2.30. The summed E-state index contributed by atoms with van der Waals surface area (Å²) in [6.45, 7) is 6.21. The van der Waals surface area contributed by atoms with E-state index in [1.807, 2.05) is 30.7 Å². The molecule has 0 saturated heterocycles. The van der Waals surface area contributed by atoms with Crippen molar-refractivity contribution in [3.8, 4) is 0 Å². The molecule has 1 heterocycles. The molecule has 1 rings (SSSR count). The van der Waals surface area contributed by atoms with Crippen LogP contribution in [0.3, 0.4) is 0 Å². The van der Waals surface area contributed by atoms with Gasteiger partial charge >= 0.3 is 5.97 Å². The molecule has 0 aliphatic carbocycles. The minimum atomic E-state index is -0.792. The van der Waals surface area contributed by atoms with E-state index >= 15 is 0 Å². The molecule has 0 aliphatic rings. The van der Waals surface area contributed by atoms with Crippen LogP contribution in [0.15, 0.2) is 18.3 Å². The lowest BCUT2D eigenvalue weighted by atomic mass is 10.1. The van der Waals surface area contributed by atoms with Gasteiger partial charge < -0.3 is 15.0 Å². The summed E-state index contributed by atoms with van der Waals surface area (Å²) < 4.78 is 1.91. The lowest BCUT2D eigenvalue weighted by Gasteiger charge is -2.13. The van der Waals surface area contributed by atoms with Gasteiger partial charge in [-0.25, -0.2) is 0 Å². The average molecular weight is 266 g/mol. The molecular weight excluding hydrogens is 244 g/mol. The smallest absolute Gasteiger partial charge is 0.306 e. The van der Waals surface area contributed by atoms with E-state index in [4.69, 9.17) is 5.11 Å². The number of hydrogen-bond acceptors (Lipinski definition) is 2. The molecule has 1 amide bonds. The second-order valence-corrected chi connectivity index (χ2v) is 5.03. The van der Waals surface area contributed by atoms with Gasteiger partial charge in [0.15, 0.2) is 0 Å². The van der Waals surface area contributed by atoms with Crippen LogP contribution in [-0.2, 0) is 4.79 Å². The summed E-state index contributed by atoms with van der Waals surface area (Å²) in [5, 5.41) is 11.6. The van der Waals surface area contributed by atoms with Gasteiger partial charge in [0, 0.05) is 18.8 Å². The summed E-state index contributed by atoms with van der Waals surface area (Å²) in [4.78, 5) is 22.6. The van der Waals surface area contributed by atoms with Crippen molar-refractivity contribution in [2.45, 2.75) is 39.7 Å². The van der Waals surface area contributed by atoms with Gasteiger partial charge in [-0.15, -0.1) is 0 Å². The largest absolute Gasteiger partial charge is 0.481 e. The van der Waals surface area contributed by atoms with Gasteiger partial charge in [0.05, 0.1) is 5.92 Å². The fraction of sp³-hybridized carbons (Fsp3) is 0.571. The Morgan fingerprint density at radius 1 is 1.37 bits per heavy atom. The predicted molar refractivity (Wildman–Crippen MR) is 73.2 cm³/mol. The Morgan fingerprint density at radius 2 is 2.05 bits per heavy atom. The van der Waals surface area contributed by atoms with Crippen LogP contribution in [0.4, 0.5) is 0 Å². The average Bonchev–Trinajstić information content (AvgIpc) is 2.83. The number of nitrogens with zero attached hydrogens (tertiary/aromatic N) is 1. The first-order valence-electron chi connectivity index (χ1n) is 6.61. The molecule has 2 N–H and O–H groups in total. The van der Waals surface area contributed by atoms with Crippen LogP contribution < -0.4 is 5.32 Å². The first-order valence-corrected chi connectivity index (χ1v) is 6.61. The molecule has 0 saturated carbocycles. The first-order chi connectivity index (χ1) is 8.93. The Bertz CT molecular complexity index is 438.